The van der Waals surface area contributed by atoms with Gasteiger partial charge in [0.15, 0.2) is 28.1 Å². The van der Waals surface area contributed by atoms with Crippen molar-refractivity contribution in [1.29, 1.82) is 0 Å². The number of benzene rings is 5. The van der Waals surface area contributed by atoms with Crippen molar-refractivity contribution in [2.24, 2.45) is 0 Å². The van der Waals surface area contributed by atoms with Crippen LogP contribution in [0.3, 0.4) is 0 Å². The Morgan fingerprint density at radius 2 is 1.41 bits per heavy atom. The largest absolute Gasteiger partial charge is 0.505 e. The Bertz CT molecular complexity index is 2150. The lowest BCUT2D eigenvalue weighted by atomic mass is 9.80. The minimum atomic E-state index is -0.909. The second kappa shape index (κ2) is 10.7. The number of aliphatic hydroxyl groups excluding tert-OH is 1. The first kappa shape index (κ1) is 29.2. The molecule has 0 fully saturated rings. The average Bonchev–Trinajstić information content (AvgIpc) is 3.12. The maximum absolute atomic E-state index is 13.7. The predicted molar refractivity (Wildman–Crippen MR) is 168 cm³/mol. The molecule has 11 heteroatoms. The number of aliphatic hydroxyl groups is 1. The summed E-state index contributed by atoms with van der Waals surface area (Å²) in [4.78, 5) is 40.8. The number of methoxy groups -OCH3 is 3. The first-order chi connectivity index (χ1) is 21.1. The van der Waals surface area contributed by atoms with Crippen LogP contribution in [-0.4, -0.2) is 68.8 Å². The van der Waals surface area contributed by atoms with Crippen LogP contribution in [0.25, 0.3) is 49.2 Å². The Labute approximate surface area is 250 Å². The highest BCUT2D eigenvalue weighted by molar-refractivity contribution is 6.40. The highest BCUT2D eigenvalue weighted by Crippen LogP contribution is 2.58. The number of ketones is 1. The van der Waals surface area contributed by atoms with Crippen molar-refractivity contribution in [3.63, 3.8) is 0 Å². The molecule has 4 N–H and O–H groups in total. The van der Waals surface area contributed by atoms with Crippen LogP contribution < -0.4 is 30.4 Å². The first-order valence-electron chi connectivity index (χ1n) is 14.0. The molecule has 5 aromatic carbocycles. The van der Waals surface area contributed by atoms with Crippen molar-refractivity contribution >= 4 is 60.6 Å². The number of carbonyl (C=O) groups excluding carboxylic acids is 1. The van der Waals surface area contributed by atoms with Crippen LogP contribution in [0.15, 0.2) is 27.3 Å². The van der Waals surface area contributed by atoms with Crippen LogP contribution in [0.2, 0.25) is 0 Å². The summed E-state index contributed by atoms with van der Waals surface area (Å²) in [5.74, 6) is -1.59. The van der Waals surface area contributed by atoms with Crippen LogP contribution in [0.5, 0.6) is 28.7 Å². The highest BCUT2D eigenvalue weighted by atomic mass is 16.5. The van der Waals surface area contributed by atoms with Crippen molar-refractivity contribution in [3.05, 3.63) is 49.3 Å². The molecule has 0 aliphatic heterocycles. The van der Waals surface area contributed by atoms with Gasteiger partial charge in [-0.1, -0.05) is 11.6 Å². The smallest absolute Gasteiger partial charge is 0.194 e. The predicted octanol–water partition coefficient (Wildman–Crippen LogP) is 3.84. The molecule has 1 aliphatic rings. The summed E-state index contributed by atoms with van der Waals surface area (Å²) < 4.78 is 22.6. The molecule has 0 heterocycles. The van der Waals surface area contributed by atoms with E-state index in [-0.39, 0.29) is 71.6 Å². The molecule has 44 heavy (non-hydrogen) atoms. The van der Waals surface area contributed by atoms with Gasteiger partial charge in [-0.05, 0) is 19.2 Å². The number of Topliss-reactive ketones (excluding diaryl/α,β-unsaturated/α-hetero) is 1. The topological polar surface area (TPSA) is 161 Å². The zero-order valence-corrected chi connectivity index (χ0v) is 24.8. The standard InChI is InChI=1S/C33H31NO10/c1-13-10-15-21-26-22(31(39)30(15)34-6-8-44-9-7-35)16(37)11-18(41-3)24(26)25-19(42-4)12-17(38)23-28(25)27(21)29(20(13)14(2)36)33(43-5)32(23)40/h10-12,20,34-35,39-40H,6-9H2,1-5H3. The van der Waals surface area contributed by atoms with Crippen LogP contribution in [0.1, 0.15) is 30.9 Å². The molecule has 0 amide bonds. The van der Waals surface area contributed by atoms with Crippen LogP contribution >= 0.6 is 0 Å². The summed E-state index contributed by atoms with van der Waals surface area (Å²) in [7, 11) is 4.16. The van der Waals surface area contributed by atoms with Gasteiger partial charge in [0.1, 0.15) is 17.3 Å². The molecule has 5 aromatic rings. The number of anilines is 1. The Morgan fingerprint density at radius 3 is 1.95 bits per heavy atom. The Morgan fingerprint density at radius 1 is 0.818 bits per heavy atom. The van der Waals surface area contributed by atoms with Gasteiger partial charge in [0, 0.05) is 56.7 Å². The summed E-state index contributed by atoms with van der Waals surface area (Å²) in [5, 5.41) is 37.9. The zero-order valence-electron chi connectivity index (χ0n) is 24.8. The van der Waals surface area contributed by atoms with Gasteiger partial charge in [-0.3, -0.25) is 14.4 Å². The van der Waals surface area contributed by atoms with Gasteiger partial charge in [-0.2, -0.15) is 0 Å². The summed E-state index contributed by atoms with van der Waals surface area (Å²) >= 11 is 0. The number of phenolic OH excluding ortho intramolecular Hbond substituents is 2. The van der Waals surface area contributed by atoms with Gasteiger partial charge in [-0.25, -0.2) is 0 Å². The van der Waals surface area contributed by atoms with Gasteiger partial charge < -0.3 is 39.6 Å². The SMILES string of the molecule is COc1c(O)c2c(=O)cc(OC)c3c4c(OC)cc(=O)c5c(O)c(NCCOCCO)c6c(c(c1C(C(C)=O)C(C)=C6)c23)c54. The first-order valence-corrected chi connectivity index (χ1v) is 14.0. The number of rotatable bonds is 10. The summed E-state index contributed by atoms with van der Waals surface area (Å²) in [5.41, 5.74) is 0.538. The van der Waals surface area contributed by atoms with Crippen molar-refractivity contribution in [2.45, 2.75) is 19.8 Å². The lowest BCUT2D eigenvalue weighted by molar-refractivity contribution is -0.117. The van der Waals surface area contributed by atoms with E-state index in [0.717, 1.165) is 0 Å². The van der Waals surface area contributed by atoms with Crippen molar-refractivity contribution < 1.29 is 39.1 Å². The Balaban J connectivity index is 2.00. The number of allylic oxidation sites excluding steroid dienone is 1. The normalized spacial score (nSPS) is 14.5. The van der Waals surface area contributed by atoms with E-state index in [2.05, 4.69) is 5.32 Å². The van der Waals surface area contributed by atoms with E-state index in [9.17, 15) is 24.6 Å². The van der Waals surface area contributed by atoms with Crippen LogP contribution in [0.4, 0.5) is 5.69 Å². The van der Waals surface area contributed by atoms with Crippen molar-refractivity contribution in [3.8, 4) is 28.7 Å². The minimum absolute atomic E-state index is 0.00398. The monoisotopic (exact) mass is 601 g/mol. The van der Waals surface area contributed by atoms with E-state index in [1.807, 2.05) is 0 Å². The number of ether oxygens (including phenoxy) is 4. The van der Waals surface area contributed by atoms with E-state index in [4.69, 9.17) is 24.1 Å². The van der Waals surface area contributed by atoms with E-state index in [1.54, 1.807) is 13.0 Å². The van der Waals surface area contributed by atoms with Gasteiger partial charge >= 0.3 is 0 Å². The minimum Gasteiger partial charge on any atom is -0.505 e. The van der Waals surface area contributed by atoms with E-state index >= 15 is 0 Å². The highest BCUT2D eigenvalue weighted by Gasteiger charge is 2.37. The molecule has 0 spiro atoms. The average molecular weight is 602 g/mol. The van der Waals surface area contributed by atoms with Crippen LogP contribution in [-0.2, 0) is 9.53 Å². The molecule has 0 radical (unpaired) electrons. The van der Waals surface area contributed by atoms with Crippen molar-refractivity contribution in [2.75, 3.05) is 53.0 Å². The van der Waals surface area contributed by atoms with E-state index in [1.165, 1.54) is 40.4 Å². The Hall–Kier alpha value is -4.87. The summed E-state index contributed by atoms with van der Waals surface area (Å²) in [6, 6.07) is 2.51. The lowest BCUT2D eigenvalue weighted by Gasteiger charge is -2.25. The third kappa shape index (κ3) is 3.85. The molecule has 0 bridgehead atoms. The number of hydrogen-bond donors (Lipinski definition) is 4. The van der Waals surface area contributed by atoms with Gasteiger partial charge in [0.05, 0.1) is 63.5 Å². The third-order valence-corrected chi connectivity index (χ3v) is 8.44. The van der Waals surface area contributed by atoms with Crippen molar-refractivity contribution in [1.82, 2.24) is 0 Å². The number of hydrogen-bond acceptors (Lipinski definition) is 11. The maximum atomic E-state index is 13.7. The third-order valence-electron chi connectivity index (χ3n) is 8.44. The lowest BCUT2D eigenvalue weighted by Crippen LogP contribution is -2.14. The second-order valence-electron chi connectivity index (χ2n) is 10.8. The number of fused-ring (bicyclic) bond motifs is 1. The molecule has 6 rings (SSSR count). The second-order valence-corrected chi connectivity index (χ2v) is 10.8. The zero-order chi connectivity index (χ0) is 31.6. The van der Waals surface area contributed by atoms with Gasteiger partial charge in [0.25, 0.3) is 0 Å². The number of aromatic hydroxyl groups is 2. The molecule has 0 saturated heterocycles. The molecule has 0 aromatic heterocycles. The Kier molecular flexibility index (Phi) is 7.10. The summed E-state index contributed by atoms with van der Waals surface area (Å²) in [6.07, 6.45) is 1.76. The number of nitrogens with one attached hydrogen (secondary N) is 1. The molecule has 228 valence electrons. The van der Waals surface area contributed by atoms with Gasteiger partial charge in [0.2, 0.25) is 0 Å². The molecule has 0 saturated carbocycles. The van der Waals surface area contributed by atoms with Gasteiger partial charge in [-0.15, -0.1) is 0 Å². The number of carbonyl (C=O) groups is 1. The molecule has 1 atom stereocenters. The molecular weight excluding hydrogens is 570 g/mol. The quantitative estimate of drug-likeness (QED) is 0.0797. The maximum Gasteiger partial charge on any atom is 0.194 e. The molecule has 1 unspecified atom stereocenters. The molecule has 11 nitrogen and oxygen atoms in total. The fourth-order valence-corrected chi connectivity index (χ4v) is 6.86. The molecule has 1 aliphatic carbocycles. The van der Waals surface area contributed by atoms with E-state index in [0.29, 0.717) is 49.0 Å². The fraction of sp³-hybridized carbons (Fsp3) is 0.303. The number of phenols is 2. The summed E-state index contributed by atoms with van der Waals surface area (Å²) in [6.45, 7) is 3.56. The van der Waals surface area contributed by atoms with E-state index < -0.39 is 22.5 Å². The fourth-order valence-electron chi connectivity index (χ4n) is 6.86. The molecular formula is C33H31NO10. The van der Waals surface area contributed by atoms with Crippen LogP contribution in [0, 0.1) is 0 Å².